The summed E-state index contributed by atoms with van der Waals surface area (Å²) in [5.41, 5.74) is 9.95. The monoisotopic (exact) mass is 309 g/mol. The fourth-order valence-electron chi connectivity index (χ4n) is 2.59. The van der Waals surface area contributed by atoms with Gasteiger partial charge in [0.15, 0.2) is 0 Å². The molecule has 0 saturated heterocycles. The molecule has 2 aromatic rings. The standard InChI is InChI=1S/C16H21ClFN3/c1-4-14-16(17)15(21(5-2)20-14)9-13(19)12-7-6-11(18)8-10(12)3/h6-8,13H,4-5,9,19H2,1-3H3. The van der Waals surface area contributed by atoms with Gasteiger partial charge in [-0.1, -0.05) is 24.6 Å². The zero-order valence-corrected chi connectivity index (χ0v) is 13.4. The quantitative estimate of drug-likeness (QED) is 0.912. The Hall–Kier alpha value is -1.39. The Labute approximate surface area is 129 Å². The molecule has 1 unspecified atom stereocenters. The minimum atomic E-state index is -0.242. The first kappa shape index (κ1) is 16.0. The maximum atomic E-state index is 13.2. The van der Waals surface area contributed by atoms with Gasteiger partial charge >= 0.3 is 0 Å². The first-order valence-electron chi connectivity index (χ1n) is 7.23. The minimum Gasteiger partial charge on any atom is -0.324 e. The lowest BCUT2D eigenvalue weighted by molar-refractivity contribution is 0.582. The van der Waals surface area contributed by atoms with Crippen molar-refractivity contribution in [1.29, 1.82) is 0 Å². The van der Waals surface area contributed by atoms with E-state index in [4.69, 9.17) is 17.3 Å². The zero-order chi connectivity index (χ0) is 15.6. The molecule has 1 aromatic heterocycles. The summed E-state index contributed by atoms with van der Waals surface area (Å²) in [6.07, 6.45) is 1.38. The third-order valence-corrected chi connectivity index (χ3v) is 4.18. The van der Waals surface area contributed by atoms with Gasteiger partial charge in [-0.2, -0.15) is 5.10 Å². The van der Waals surface area contributed by atoms with E-state index in [1.54, 1.807) is 6.07 Å². The lowest BCUT2D eigenvalue weighted by atomic mass is 9.98. The average molecular weight is 310 g/mol. The summed E-state index contributed by atoms with van der Waals surface area (Å²) in [6.45, 7) is 6.68. The molecule has 0 saturated carbocycles. The third-order valence-electron chi connectivity index (χ3n) is 3.74. The van der Waals surface area contributed by atoms with Crippen LogP contribution < -0.4 is 5.73 Å². The Bertz CT molecular complexity index is 637. The van der Waals surface area contributed by atoms with Crippen LogP contribution in [0.5, 0.6) is 0 Å². The molecule has 5 heteroatoms. The van der Waals surface area contributed by atoms with Crippen molar-refractivity contribution in [2.24, 2.45) is 5.73 Å². The normalized spacial score (nSPS) is 12.7. The van der Waals surface area contributed by atoms with E-state index in [1.165, 1.54) is 12.1 Å². The highest BCUT2D eigenvalue weighted by Crippen LogP contribution is 2.27. The van der Waals surface area contributed by atoms with Crippen LogP contribution in [-0.2, 0) is 19.4 Å². The van der Waals surface area contributed by atoms with Crippen LogP contribution in [-0.4, -0.2) is 9.78 Å². The summed E-state index contributed by atoms with van der Waals surface area (Å²) in [5, 5.41) is 5.20. The number of aromatic nitrogens is 2. The number of nitrogens with two attached hydrogens (primary N) is 1. The summed E-state index contributed by atoms with van der Waals surface area (Å²) < 4.78 is 15.1. The van der Waals surface area contributed by atoms with Crippen molar-refractivity contribution in [2.75, 3.05) is 0 Å². The molecule has 2 N–H and O–H groups in total. The molecular formula is C16H21ClFN3. The van der Waals surface area contributed by atoms with Gasteiger partial charge in [-0.25, -0.2) is 4.39 Å². The van der Waals surface area contributed by atoms with Gasteiger partial charge in [0, 0.05) is 19.0 Å². The van der Waals surface area contributed by atoms with E-state index in [1.807, 2.05) is 25.5 Å². The molecule has 0 aliphatic rings. The van der Waals surface area contributed by atoms with Crippen LogP contribution in [0.1, 0.15) is 42.4 Å². The van der Waals surface area contributed by atoms with E-state index < -0.39 is 0 Å². The SMILES string of the molecule is CCc1nn(CC)c(CC(N)c2ccc(F)cc2C)c1Cl. The number of benzene rings is 1. The van der Waals surface area contributed by atoms with Crippen molar-refractivity contribution in [1.82, 2.24) is 9.78 Å². The molecular weight excluding hydrogens is 289 g/mol. The summed E-state index contributed by atoms with van der Waals surface area (Å²) in [6, 6.07) is 4.47. The van der Waals surface area contributed by atoms with E-state index in [0.29, 0.717) is 11.4 Å². The summed E-state index contributed by atoms with van der Waals surface area (Å²) in [5.74, 6) is -0.242. The maximum absolute atomic E-state index is 13.2. The number of halogens is 2. The number of aryl methyl sites for hydroxylation is 3. The van der Waals surface area contributed by atoms with Crippen molar-refractivity contribution in [2.45, 2.75) is 46.2 Å². The third kappa shape index (κ3) is 3.27. The van der Waals surface area contributed by atoms with Crippen molar-refractivity contribution < 1.29 is 4.39 Å². The molecule has 1 heterocycles. The highest BCUT2D eigenvalue weighted by Gasteiger charge is 2.19. The van der Waals surface area contributed by atoms with Crippen LogP contribution >= 0.6 is 11.6 Å². The van der Waals surface area contributed by atoms with Crippen LogP contribution in [0.3, 0.4) is 0 Å². The first-order valence-corrected chi connectivity index (χ1v) is 7.61. The molecule has 1 atom stereocenters. The molecule has 0 bridgehead atoms. The molecule has 2 rings (SSSR count). The Morgan fingerprint density at radius 2 is 2.10 bits per heavy atom. The van der Waals surface area contributed by atoms with Gasteiger partial charge in [-0.15, -0.1) is 0 Å². The second-order valence-electron chi connectivity index (χ2n) is 5.19. The van der Waals surface area contributed by atoms with E-state index in [2.05, 4.69) is 5.10 Å². The fraction of sp³-hybridized carbons (Fsp3) is 0.438. The second kappa shape index (κ2) is 6.58. The van der Waals surface area contributed by atoms with Gasteiger partial charge in [-0.05, 0) is 43.5 Å². The molecule has 0 fully saturated rings. The lowest BCUT2D eigenvalue weighted by Gasteiger charge is -2.16. The molecule has 21 heavy (non-hydrogen) atoms. The largest absolute Gasteiger partial charge is 0.324 e. The Morgan fingerprint density at radius 1 is 1.38 bits per heavy atom. The topological polar surface area (TPSA) is 43.8 Å². The van der Waals surface area contributed by atoms with E-state index in [-0.39, 0.29) is 11.9 Å². The Kier molecular flexibility index (Phi) is 5.01. The van der Waals surface area contributed by atoms with Crippen LogP contribution in [0.25, 0.3) is 0 Å². The van der Waals surface area contributed by atoms with Gasteiger partial charge in [-0.3, -0.25) is 4.68 Å². The minimum absolute atomic E-state index is 0.227. The summed E-state index contributed by atoms with van der Waals surface area (Å²) in [7, 11) is 0. The van der Waals surface area contributed by atoms with Crippen LogP contribution in [0.15, 0.2) is 18.2 Å². The van der Waals surface area contributed by atoms with Gasteiger partial charge in [0.1, 0.15) is 5.82 Å². The lowest BCUT2D eigenvalue weighted by Crippen LogP contribution is -2.17. The molecule has 0 spiro atoms. The zero-order valence-electron chi connectivity index (χ0n) is 12.7. The first-order chi connectivity index (χ1) is 9.97. The van der Waals surface area contributed by atoms with Gasteiger partial charge in [0.05, 0.1) is 16.4 Å². The van der Waals surface area contributed by atoms with Crippen LogP contribution in [0.4, 0.5) is 4.39 Å². The van der Waals surface area contributed by atoms with Crippen LogP contribution in [0, 0.1) is 12.7 Å². The molecule has 0 radical (unpaired) electrons. The molecule has 0 aliphatic heterocycles. The summed E-state index contributed by atoms with van der Waals surface area (Å²) in [4.78, 5) is 0. The molecule has 114 valence electrons. The van der Waals surface area contributed by atoms with Crippen molar-refractivity contribution >= 4 is 11.6 Å². The van der Waals surface area contributed by atoms with Gasteiger partial charge < -0.3 is 5.73 Å². The van der Waals surface area contributed by atoms with E-state index in [0.717, 1.165) is 35.5 Å². The number of nitrogens with zero attached hydrogens (tertiary/aromatic N) is 2. The second-order valence-corrected chi connectivity index (χ2v) is 5.57. The van der Waals surface area contributed by atoms with Gasteiger partial charge in [0.2, 0.25) is 0 Å². The van der Waals surface area contributed by atoms with Crippen molar-refractivity contribution in [3.8, 4) is 0 Å². The van der Waals surface area contributed by atoms with Crippen LogP contribution in [0.2, 0.25) is 5.02 Å². The average Bonchev–Trinajstić information content (AvgIpc) is 2.75. The van der Waals surface area contributed by atoms with Crippen molar-refractivity contribution in [3.63, 3.8) is 0 Å². The number of hydrogen-bond acceptors (Lipinski definition) is 2. The van der Waals surface area contributed by atoms with E-state index in [9.17, 15) is 4.39 Å². The Balaban J connectivity index is 2.31. The number of rotatable bonds is 5. The predicted octanol–water partition coefficient (Wildman–Crippen LogP) is 3.81. The molecule has 0 aliphatic carbocycles. The highest BCUT2D eigenvalue weighted by molar-refractivity contribution is 6.31. The highest BCUT2D eigenvalue weighted by atomic mass is 35.5. The number of hydrogen-bond donors (Lipinski definition) is 1. The van der Waals surface area contributed by atoms with E-state index >= 15 is 0 Å². The van der Waals surface area contributed by atoms with Gasteiger partial charge in [0.25, 0.3) is 0 Å². The molecule has 3 nitrogen and oxygen atoms in total. The predicted molar refractivity (Wildman–Crippen MR) is 84.1 cm³/mol. The molecule has 0 amide bonds. The summed E-state index contributed by atoms with van der Waals surface area (Å²) >= 11 is 6.41. The smallest absolute Gasteiger partial charge is 0.123 e. The molecule has 1 aromatic carbocycles. The Morgan fingerprint density at radius 3 is 2.67 bits per heavy atom. The van der Waals surface area contributed by atoms with Crippen molar-refractivity contribution in [3.05, 3.63) is 51.6 Å². The fourth-order valence-corrected chi connectivity index (χ4v) is 2.93. The maximum Gasteiger partial charge on any atom is 0.123 e.